The number of aryl methyl sites for hydroxylation is 1. The van der Waals surface area contributed by atoms with E-state index in [-0.39, 0.29) is 6.04 Å². The molecule has 1 aromatic heterocycles. The summed E-state index contributed by atoms with van der Waals surface area (Å²) in [5.74, 6) is 0.439. The molecule has 0 radical (unpaired) electrons. The van der Waals surface area contributed by atoms with Gasteiger partial charge in [0.2, 0.25) is 0 Å². The summed E-state index contributed by atoms with van der Waals surface area (Å²) in [4.78, 5) is 0. The third kappa shape index (κ3) is 2.44. The van der Waals surface area contributed by atoms with Crippen LogP contribution in [0, 0.1) is 5.92 Å². The second kappa shape index (κ2) is 4.97. The highest BCUT2D eigenvalue weighted by Gasteiger charge is 2.28. The van der Waals surface area contributed by atoms with Crippen molar-refractivity contribution in [2.75, 3.05) is 6.61 Å². The summed E-state index contributed by atoms with van der Waals surface area (Å²) in [6.45, 7) is 5.99. The molecule has 2 rings (SSSR count). The summed E-state index contributed by atoms with van der Waals surface area (Å²) < 4.78 is 7.52. The molecule has 16 heavy (non-hydrogen) atoms. The third-order valence-corrected chi connectivity index (χ3v) is 3.23. The number of nitrogens with two attached hydrogens (primary N) is 1. The Morgan fingerprint density at radius 2 is 2.50 bits per heavy atom. The molecule has 2 heterocycles. The summed E-state index contributed by atoms with van der Waals surface area (Å²) in [6, 6.07) is 0.0653. The molecule has 1 saturated heterocycles. The van der Waals surface area contributed by atoms with Crippen LogP contribution in [0.1, 0.15) is 38.3 Å². The van der Waals surface area contributed by atoms with Gasteiger partial charge in [0.15, 0.2) is 0 Å². The topological polar surface area (TPSA) is 53.1 Å². The fourth-order valence-corrected chi connectivity index (χ4v) is 2.28. The number of hydrogen-bond acceptors (Lipinski definition) is 3. The lowest BCUT2D eigenvalue weighted by molar-refractivity contribution is 0.118. The molecule has 0 aromatic carbocycles. The van der Waals surface area contributed by atoms with Gasteiger partial charge in [-0.25, -0.2) is 0 Å². The summed E-state index contributed by atoms with van der Waals surface area (Å²) >= 11 is 0. The van der Waals surface area contributed by atoms with Gasteiger partial charge >= 0.3 is 0 Å². The quantitative estimate of drug-likeness (QED) is 0.845. The van der Waals surface area contributed by atoms with E-state index < -0.39 is 0 Å². The molecule has 0 spiro atoms. The zero-order chi connectivity index (χ0) is 11.5. The van der Waals surface area contributed by atoms with Gasteiger partial charge < -0.3 is 10.5 Å². The van der Waals surface area contributed by atoms with Gasteiger partial charge in [-0.2, -0.15) is 5.10 Å². The Labute approximate surface area is 96.8 Å². The van der Waals surface area contributed by atoms with Crippen molar-refractivity contribution in [1.29, 1.82) is 0 Å². The normalized spacial score (nSPS) is 27.2. The van der Waals surface area contributed by atoms with Crippen molar-refractivity contribution in [3.05, 3.63) is 18.0 Å². The molecule has 0 aliphatic carbocycles. The molecule has 1 aliphatic heterocycles. The summed E-state index contributed by atoms with van der Waals surface area (Å²) in [7, 11) is 0. The molecule has 0 amide bonds. The van der Waals surface area contributed by atoms with Gasteiger partial charge in [-0.1, -0.05) is 6.92 Å². The number of nitrogens with zero attached hydrogens (tertiary/aromatic N) is 2. The minimum Gasteiger partial charge on any atom is -0.378 e. The Kier molecular flexibility index (Phi) is 3.61. The van der Waals surface area contributed by atoms with Gasteiger partial charge in [-0.05, 0) is 19.8 Å². The van der Waals surface area contributed by atoms with Gasteiger partial charge in [0, 0.05) is 30.3 Å². The molecular weight excluding hydrogens is 202 g/mol. The van der Waals surface area contributed by atoms with E-state index >= 15 is 0 Å². The number of aromatic nitrogens is 2. The van der Waals surface area contributed by atoms with Crippen LogP contribution in [0.15, 0.2) is 12.4 Å². The molecule has 1 fully saturated rings. The maximum absolute atomic E-state index is 6.24. The van der Waals surface area contributed by atoms with Crippen molar-refractivity contribution in [2.45, 2.75) is 45.4 Å². The highest BCUT2D eigenvalue weighted by atomic mass is 16.5. The van der Waals surface area contributed by atoms with E-state index in [1.165, 1.54) is 0 Å². The van der Waals surface area contributed by atoms with E-state index in [1.54, 1.807) is 0 Å². The molecule has 0 saturated carbocycles. The fraction of sp³-hybridized carbons (Fsp3) is 0.750. The highest BCUT2D eigenvalue weighted by molar-refractivity contribution is 5.11. The lowest BCUT2D eigenvalue weighted by Gasteiger charge is -2.15. The molecule has 4 heteroatoms. The SMILES string of the molecule is CCCn1cc(C(N)C2COC(C)C2)cn1. The molecule has 1 aromatic rings. The summed E-state index contributed by atoms with van der Waals surface area (Å²) in [6.07, 6.45) is 6.46. The molecular formula is C12H21N3O. The maximum Gasteiger partial charge on any atom is 0.0551 e. The first kappa shape index (κ1) is 11.6. The van der Waals surface area contributed by atoms with Gasteiger partial charge in [-0.3, -0.25) is 4.68 Å². The molecule has 90 valence electrons. The predicted octanol–water partition coefficient (Wildman–Crippen LogP) is 1.72. The minimum absolute atomic E-state index is 0.0653. The van der Waals surface area contributed by atoms with Crippen molar-refractivity contribution in [3.63, 3.8) is 0 Å². The average molecular weight is 223 g/mol. The van der Waals surface area contributed by atoms with Crippen LogP contribution in [0.3, 0.4) is 0 Å². The zero-order valence-electron chi connectivity index (χ0n) is 10.1. The van der Waals surface area contributed by atoms with Crippen molar-refractivity contribution >= 4 is 0 Å². The molecule has 0 bridgehead atoms. The van der Waals surface area contributed by atoms with Crippen LogP contribution in [-0.4, -0.2) is 22.5 Å². The Morgan fingerprint density at radius 1 is 1.69 bits per heavy atom. The van der Waals surface area contributed by atoms with Crippen LogP contribution in [0.25, 0.3) is 0 Å². The van der Waals surface area contributed by atoms with Gasteiger partial charge in [0.1, 0.15) is 0 Å². The largest absolute Gasteiger partial charge is 0.378 e. The van der Waals surface area contributed by atoms with Crippen LogP contribution < -0.4 is 5.73 Å². The van der Waals surface area contributed by atoms with E-state index in [0.717, 1.165) is 31.6 Å². The van der Waals surface area contributed by atoms with Gasteiger partial charge in [-0.15, -0.1) is 0 Å². The van der Waals surface area contributed by atoms with Crippen molar-refractivity contribution in [1.82, 2.24) is 9.78 Å². The van der Waals surface area contributed by atoms with Crippen molar-refractivity contribution in [3.8, 4) is 0 Å². The van der Waals surface area contributed by atoms with Crippen molar-refractivity contribution in [2.24, 2.45) is 11.7 Å². The summed E-state index contributed by atoms with van der Waals surface area (Å²) in [5, 5.41) is 4.31. The first-order valence-electron chi connectivity index (χ1n) is 6.10. The van der Waals surface area contributed by atoms with Crippen LogP contribution >= 0.6 is 0 Å². The van der Waals surface area contributed by atoms with E-state index in [0.29, 0.717) is 12.0 Å². The molecule has 1 aliphatic rings. The van der Waals surface area contributed by atoms with Gasteiger partial charge in [0.05, 0.1) is 18.9 Å². The number of ether oxygens (including phenoxy) is 1. The highest BCUT2D eigenvalue weighted by Crippen LogP contribution is 2.29. The van der Waals surface area contributed by atoms with Crippen LogP contribution in [0.4, 0.5) is 0 Å². The first-order valence-corrected chi connectivity index (χ1v) is 6.10. The van der Waals surface area contributed by atoms with Crippen LogP contribution in [0.5, 0.6) is 0 Å². The Bertz CT molecular complexity index is 337. The van der Waals surface area contributed by atoms with E-state index in [4.69, 9.17) is 10.5 Å². The van der Waals surface area contributed by atoms with E-state index in [1.807, 2.05) is 10.9 Å². The zero-order valence-corrected chi connectivity index (χ0v) is 10.1. The van der Waals surface area contributed by atoms with Crippen LogP contribution in [0.2, 0.25) is 0 Å². The Balaban J connectivity index is 1.99. The fourth-order valence-electron chi connectivity index (χ4n) is 2.28. The minimum atomic E-state index is 0.0653. The van der Waals surface area contributed by atoms with Crippen molar-refractivity contribution < 1.29 is 4.74 Å². The maximum atomic E-state index is 6.24. The van der Waals surface area contributed by atoms with Gasteiger partial charge in [0.25, 0.3) is 0 Å². The average Bonchev–Trinajstić information content (AvgIpc) is 2.87. The van der Waals surface area contributed by atoms with Crippen LogP contribution in [-0.2, 0) is 11.3 Å². The Hall–Kier alpha value is -0.870. The molecule has 3 unspecified atom stereocenters. The van der Waals surface area contributed by atoms with E-state index in [9.17, 15) is 0 Å². The van der Waals surface area contributed by atoms with E-state index in [2.05, 4.69) is 25.1 Å². The Morgan fingerprint density at radius 3 is 3.12 bits per heavy atom. The smallest absolute Gasteiger partial charge is 0.0551 e. The summed E-state index contributed by atoms with van der Waals surface area (Å²) in [5.41, 5.74) is 7.37. The molecule has 3 atom stereocenters. The number of rotatable bonds is 4. The lowest BCUT2D eigenvalue weighted by atomic mass is 9.94. The lowest BCUT2D eigenvalue weighted by Crippen LogP contribution is -2.21. The first-order chi connectivity index (χ1) is 7.70. The third-order valence-electron chi connectivity index (χ3n) is 3.23. The monoisotopic (exact) mass is 223 g/mol. The second-order valence-electron chi connectivity index (χ2n) is 4.70. The second-order valence-corrected chi connectivity index (χ2v) is 4.70. The predicted molar refractivity (Wildman–Crippen MR) is 63.0 cm³/mol. The standard InChI is InChI=1S/C12H21N3O/c1-3-4-15-7-11(6-14-15)12(13)10-5-9(2)16-8-10/h6-7,9-10,12H,3-5,8,13H2,1-2H3. The molecule has 2 N–H and O–H groups in total. The number of hydrogen-bond donors (Lipinski definition) is 1. The molecule has 4 nitrogen and oxygen atoms in total.